The number of anilines is 1. The van der Waals surface area contributed by atoms with Crippen LogP contribution in [0.15, 0.2) is 15.8 Å². The summed E-state index contributed by atoms with van der Waals surface area (Å²) in [6.07, 6.45) is 1.51. The second kappa shape index (κ2) is 2.50. The van der Waals surface area contributed by atoms with Crippen molar-refractivity contribution in [2.24, 2.45) is 14.1 Å². The molecule has 2 rings (SSSR count). The summed E-state index contributed by atoms with van der Waals surface area (Å²) in [5.41, 5.74) is 6.09. The molecule has 0 aliphatic rings. The normalized spacial score (nSPS) is 11.0. The molecule has 0 amide bonds. The highest BCUT2D eigenvalue weighted by Gasteiger charge is 2.11. The Morgan fingerprint density at radius 2 is 1.93 bits per heavy atom. The topological polar surface area (TPSA) is 85.8 Å². The van der Waals surface area contributed by atoms with Crippen LogP contribution in [0.4, 0.5) is 5.69 Å². The number of H-pyrrole nitrogens is 1. The van der Waals surface area contributed by atoms with E-state index in [9.17, 15) is 9.59 Å². The smallest absolute Gasteiger partial charge is 0.331 e. The third-order valence-electron chi connectivity index (χ3n) is 2.31. The van der Waals surface area contributed by atoms with Crippen LogP contribution in [0, 0.1) is 0 Å². The van der Waals surface area contributed by atoms with Gasteiger partial charge in [-0.1, -0.05) is 0 Å². The summed E-state index contributed by atoms with van der Waals surface area (Å²) in [5, 5.41) is 0. The molecule has 6 nitrogen and oxygen atoms in total. The Hall–Kier alpha value is -1.98. The van der Waals surface area contributed by atoms with Gasteiger partial charge >= 0.3 is 5.69 Å². The van der Waals surface area contributed by atoms with Crippen LogP contribution < -0.4 is 17.0 Å². The molecule has 0 saturated heterocycles. The van der Waals surface area contributed by atoms with Crippen LogP contribution in [-0.2, 0) is 14.1 Å². The molecule has 2 heterocycles. The molecule has 0 fully saturated rings. The number of aromatic nitrogens is 3. The number of nitrogens with one attached hydrogen (secondary N) is 1. The zero-order chi connectivity index (χ0) is 10.5. The summed E-state index contributed by atoms with van der Waals surface area (Å²) in [4.78, 5) is 25.8. The van der Waals surface area contributed by atoms with Crippen molar-refractivity contribution in [1.82, 2.24) is 14.1 Å². The van der Waals surface area contributed by atoms with Gasteiger partial charge in [0.05, 0.1) is 11.2 Å². The molecule has 0 aliphatic carbocycles. The lowest BCUT2D eigenvalue weighted by Gasteiger charge is -2.03. The predicted molar refractivity (Wildman–Crippen MR) is 53.2 cm³/mol. The summed E-state index contributed by atoms with van der Waals surface area (Å²) in [6.45, 7) is 0. The van der Waals surface area contributed by atoms with Crippen LogP contribution in [0.1, 0.15) is 0 Å². The van der Waals surface area contributed by atoms with Gasteiger partial charge in [-0.25, -0.2) is 4.79 Å². The molecule has 14 heavy (non-hydrogen) atoms. The molecule has 0 aliphatic heterocycles. The standard InChI is InChI=1S/C8H10N4O2/c1-11-6-4(9)3-10-5(6)7(13)12(2)8(11)14/h3,10H,9H2,1-2H3. The molecule has 0 bridgehead atoms. The van der Waals surface area contributed by atoms with Gasteiger partial charge in [-0.3, -0.25) is 13.9 Å². The Bertz CT molecular complexity index is 617. The van der Waals surface area contributed by atoms with Gasteiger partial charge in [-0.05, 0) is 0 Å². The lowest BCUT2D eigenvalue weighted by Crippen LogP contribution is -2.36. The first-order chi connectivity index (χ1) is 6.54. The van der Waals surface area contributed by atoms with E-state index in [4.69, 9.17) is 5.73 Å². The van der Waals surface area contributed by atoms with Gasteiger partial charge in [0.1, 0.15) is 5.52 Å². The number of hydrogen-bond donors (Lipinski definition) is 2. The number of fused-ring (bicyclic) bond motifs is 1. The Kier molecular flexibility index (Phi) is 1.54. The first-order valence-corrected chi connectivity index (χ1v) is 4.06. The SMILES string of the molecule is Cn1c(=O)c2[nH]cc(N)c2n(C)c1=O. The van der Waals surface area contributed by atoms with Gasteiger partial charge in [0.2, 0.25) is 0 Å². The van der Waals surface area contributed by atoms with E-state index >= 15 is 0 Å². The Morgan fingerprint density at radius 3 is 2.57 bits per heavy atom. The highest BCUT2D eigenvalue weighted by atomic mass is 16.2. The van der Waals surface area contributed by atoms with Gasteiger partial charge in [-0.15, -0.1) is 0 Å². The first kappa shape index (κ1) is 8.61. The lowest BCUT2D eigenvalue weighted by molar-refractivity contribution is 0.713. The molecular formula is C8H10N4O2. The number of hydrogen-bond acceptors (Lipinski definition) is 3. The molecule has 2 aromatic rings. The molecule has 0 unspecified atom stereocenters. The average molecular weight is 194 g/mol. The highest BCUT2D eigenvalue weighted by molar-refractivity contribution is 5.86. The van der Waals surface area contributed by atoms with E-state index in [1.165, 1.54) is 17.8 Å². The Balaban J connectivity index is 3.22. The van der Waals surface area contributed by atoms with Crippen molar-refractivity contribution in [3.8, 4) is 0 Å². The zero-order valence-electron chi connectivity index (χ0n) is 7.87. The quantitative estimate of drug-likeness (QED) is 0.572. The van der Waals surface area contributed by atoms with Gasteiger partial charge in [-0.2, -0.15) is 0 Å². The van der Waals surface area contributed by atoms with Gasteiger partial charge < -0.3 is 10.7 Å². The van der Waals surface area contributed by atoms with Gasteiger partial charge in [0.15, 0.2) is 0 Å². The molecule has 2 aromatic heterocycles. The summed E-state index contributed by atoms with van der Waals surface area (Å²) in [6, 6.07) is 0. The molecular weight excluding hydrogens is 184 g/mol. The van der Waals surface area contributed by atoms with E-state index in [1.54, 1.807) is 7.05 Å². The predicted octanol–water partition coefficient (Wildman–Crippen LogP) is -0.853. The average Bonchev–Trinajstić information content (AvgIpc) is 2.54. The summed E-state index contributed by atoms with van der Waals surface area (Å²) in [7, 11) is 3.01. The van der Waals surface area contributed by atoms with E-state index in [0.717, 1.165) is 4.57 Å². The number of rotatable bonds is 0. The van der Waals surface area contributed by atoms with E-state index in [2.05, 4.69) is 4.98 Å². The first-order valence-electron chi connectivity index (χ1n) is 4.06. The minimum atomic E-state index is -0.381. The summed E-state index contributed by atoms with van der Waals surface area (Å²) in [5.74, 6) is 0. The third kappa shape index (κ3) is 0.847. The van der Waals surface area contributed by atoms with Crippen LogP contribution in [0.2, 0.25) is 0 Å². The van der Waals surface area contributed by atoms with E-state index in [1.807, 2.05) is 0 Å². The highest BCUT2D eigenvalue weighted by Crippen LogP contribution is 2.13. The molecule has 0 aromatic carbocycles. The molecule has 0 radical (unpaired) electrons. The lowest BCUT2D eigenvalue weighted by atomic mass is 10.4. The monoisotopic (exact) mass is 194 g/mol. The van der Waals surface area contributed by atoms with Crippen LogP contribution in [0.3, 0.4) is 0 Å². The molecule has 6 heteroatoms. The van der Waals surface area contributed by atoms with Crippen molar-refractivity contribution < 1.29 is 0 Å². The van der Waals surface area contributed by atoms with E-state index in [0.29, 0.717) is 16.7 Å². The molecule has 0 spiro atoms. The number of aryl methyl sites for hydroxylation is 1. The van der Waals surface area contributed by atoms with Crippen molar-refractivity contribution in [2.75, 3.05) is 5.73 Å². The third-order valence-corrected chi connectivity index (χ3v) is 2.31. The minimum absolute atomic E-state index is 0.354. The molecule has 74 valence electrons. The van der Waals surface area contributed by atoms with Crippen molar-refractivity contribution >= 4 is 16.7 Å². The van der Waals surface area contributed by atoms with E-state index in [-0.39, 0.29) is 11.2 Å². The number of nitrogens with zero attached hydrogens (tertiary/aromatic N) is 2. The van der Waals surface area contributed by atoms with Crippen LogP contribution in [0.5, 0.6) is 0 Å². The maximum Gasteiger partial charge on any atom is 0.331 e. The maximum atomic E-state index is 11.6. The van der Waals surface area contributed by atoms with E-state index < -0.39 is 0 Å². The number of aromatic amines is 1. The van der Waals surface area contributed by atoms with Gasteiger partial charge in [0, 0.05) is 20.3 Å². The minimum Gasteiger partial charge on any atom is -0.396 e. The second-order valence-corrected chi connectivity index (χ2v) is 3.17. The molecule has 3 N–H and O–H groups in total. The van der Waals surface area contributed by atoms with Crippen LogP contribution in [0.25, 0.3) is 11.0 Å². The van der Waals surface area contributed by atoms with Crippen molar-refractivity contribution in [1.29, 1.82) is 0 Å². The largest absolute Gasteiger partial charge is 0.396 e. The van der Waals surface area contributed by atoms with Crippen molar-refractivity contribution in [3.63, 3.8) is 0 Å². The summed E-state index contributed by atoms with van der Waals surface area (Å²) >= 11 is 0. The fourth-order valence-electron chi connectivity index (χ4n) is 1.53. The number of nitrogens with two attached hydrogens (primary N) is 1. The van der Waals surface area contributed by atoms with Gasteiger partial charge in [0.25, 0.3) is 5.56 Å². The fraction of sp³-hybridized carbons (Fsp3) is 0.250. The Labute approximate surface area is 78.6 Å². The van der Waals surface area contributed by atoms with Crippen molar-refractivity contribution in [2.45, 2.75) is 0 Å². The number of nitrogen functional groups attached to an aromatic ring is 1. The fourth-order valence-corrected chi connectivity index (χ4v) is 1.53. The van der Waals surface area contributed by atoms with Crippen LogP contribution in [-0.4, -0.2) is 14.1 Å². The van der Waals surface area contributed by atoms with Crippen molar-refractivity contribution in [3.05, 3.63) is 27.0 Å². The second-order valence-electron chi connectivity index (χ2n) is 3.17. The summed E-state index contributed by atoms with van der Waals surface area (Å²) < 4.78 is 2.39. The molecule has 0 saturated carbocycles. The Morgan fingerprint density at radius 1 is 1.29 bits per heavy atom. The zero-order valence-corrected chi connectivity index (χ0v) is 7.87. The maximum absolute atomic E-state index is 11.6. The van der Waals surface area contributed by atoms with Crippen LogP contribution >= 0.6 is 0 Å². The molecule has 0 atom stereocenters.